The smallest absolute Gasteiger partial charge is 0.410 e. The fourth-order valence-corrected chi connectivity index (χ4v) is 1.32. The van der Waals surface area contributed by atoms with Crippen LogP contribution < -0.4 is 5.32 Å². The van der Waals surface area contributed by atoms with Crippen molar-refractivity contribution in [3.8, 4) is 0 Å². The maximum absolute atomic E-state index is 10.4. The first-order valence-electron chi connectivity index (χ1n) is 5.50. The number of rotatable bonds is 5. The van der Waals surface area contributed by atoms with Gasteiger partial charge in [-0.1, -0.05) is 35.6 Å². The van der Waals surface area contributed by atoms with Gasteiger partial charge in [-0.15, -0.1) is 5.10 Å². The molecular weight excluding hydrogens is 232 g/mol. The van der Waals surface area contributed by atoms with E-state index < -0.39 is 6.09 Å². The predicted molar refractivity (Wildman–Crippen MR) is 69.4 cm³/mol. The molecule has 0 unspecified atom stereocenters. The second-order valence-electron chi connectivity index (χ2n) is 3.50. The number of hydrogen-bond acceptors (Lipinski definition) is 3. The molecular formula is C12H16N4O2. The lowest BCUT2D eigenvalue weighted by Crippen LogP contribution is -2.07. The lowest BCUT2D eigenvalue weighted by atomic mass is 10.2. The van der Waals surface area contributed by atoms with Gasteiger partial charge in [-0.3, -0.25) is 5.32 Å². The number of carboxylic acid groups (broad SMARTS) is 1. The lowest BCUT2D eigenvalue weighted by molar-refractivity contribution is 0.209. The van der Waals surface area contributed by atoms with Gasteiger partial charge in [0.25, 0.3) is 0 Å². The van der Waals surface area contributed by atoms with Crippen LogP contribution in [0.1, 0.15) is 13.8 Å². The zero-order chi connectivity index (χ0) is 13.4. The molecule has 1 aromatic rings. The van der Waals surface area contributed by atoms with Crippen LogP contribution in [-0.2, 0) is 6.54 Å². The van der Waals surface area contributed by atoms with Gasteiger partial charge in [0.05, 0.1) is 12.7 Å². The van der Waals surface area contributed by atoms with Gasteiger partial charge in [0.1, 0.15) is 0 Å². The Balaban J connectivity index is 2.75. The minimum absolute atomic E-state index is 0.216. The molecule has 1 aromatic heterocycles. The third-order valence-corrected chi connectivity index (χ3v) is 2.00. The number of allylic oxidation sites excluding steroid dienone is 6. The molecule has 6 nitrogen and oxygen atoms in total. The van der Waals surface area contributed by atoms with Gasteiger partial charge in [-0.2, -0.15) is 0 Å². The van der Waals surface area contributed by atoms with E-state index in [-0.39, 0.29) is 5.82 Å². The average Bonchev–Trinajstić information content (AvgIpc) is 2.72. The molecule has 96 valence electrons. The van der Waals surface area contributed by atoms with Crippen molar-refractivity contribution in [1.82, 2.24) is 15.0 Å². The van der Waals surface area contributed by atoms with E-state index in [9.17, 15) is 4.79 Å². The number of carbonyl (C=O) groups is 1. The molecule has 0 radical (unpaired) electrons. The largest absolute Gasteiger partial charge is 0.465 e. The zero-order valence-electron chi connectivity index (χ0n) is 10.4. The van der Waals surface area contributed by atoms with Crippen molar-refractivity contribution < 1.29 is 9.90 Å². The highest BCUT2D eigenvalue weighted by Gasteiger charge is 2.03. The van der Waals surface area contributed by atoms with Gasteiger partial charge in [0, 0.05) is 0 Å². The fourth-order valence-electron chi connectivity index (χ4n) is 1.32. The number of hydrogen-bond donors (Lipinski definition) is 2. The van der Waals surface area contributed by atoms with Crippen molar-refractivity contribution in [3.63, 3.8) is 0 Å². The van der Waals surface area contributed by atoms with Crippen LogP contribution in [0.5, 0.6) is 0 Å². The lowest BCUT2D eigenvalue weighted by Gasteiger charge is -2.00. The topological polar surface area (TPSA) is 80.0 Å². The highest BCUT2D eigenvalue weighted by Crippen LogP contribution is 2.05. The number of nitrogens with zero attached hydrogens (tertiary/aromatic N) is 3. The van der Waals surface area contributed by atoms with Crippen LogP contribution in [-0.4, -0.2) is 26.2 Å². The van der Waals surface area contributed by atoms with Crippen LogP contribution >= 0.6 is 0 Å². The summed E-state index contributed by atoms with van der Waals surface area (Å²) in [5, 5.41) is 18.2. The summed E-state index contributed by atoms with van der Waals surface area (Å²) in [6, 6.07) is 0. The molecule has 0 saturated heterocycles. The number of aromatic nitrogens is 3. The van der Waals surface area contributed by atoms with Crippen molar-refractivity contribution >= 4 is 11.9 Å². The summed E-state index contributed by atoms with van der Waals surface area (Å²) in [7, 11) is 0. The van der Waals surface area contributed by atoms with Crippen molar-refractivity contribution in [1.29, 1.82) is 0 Å². The van der Waals surface area contributed by atoms with Gasteiger partial charge in [-0.05, 0) is 19.4 Å². The minimum atomic E-state index is -1.15. The van der Waals surface area contributed by atoms with Gasteiger partial charge in [0.2, 0.25) is 0 Å². The van der Waals surface area contributed by atoms with Crippen molar-refractivity contribution in [2.45, 2.75) is 20.4 Å². The van der Waals surface area contributed by atoms with E-state index in [0.717, 1.165) is 5.57 Å². The monoisotopic (exact) mass is 248 g/mol. The molecule has 0 aliphatic rings. The standard InChI is InChI=1S/C12H16N4O2/c1-3-5-7-10(6-4-2)8-16-9-11(14-15-16)13-12(17)18/h3-7,9,13H,8H2,1-2H3,(H,17,18)/b5-3-,6-4-,10-7+. The SMILES string of the molecule is C\C=C/C=C(\C=C/C)Cn1cc(NC(=O)O)nn1. The molecule has 0 aliphatic heterocycles. The molecule has 6 heteroatoms. The van der Waals surface area contributed by atoms with E-state index in [4.69, 9.17) is 5.11 Å². The summed E-state index contributed by atoms with van der Waals surface area (Å²) in [6.07, 6.45) is 10.1. The third kappa shape index (κ3) is 4.65. The Kier molecular flexibility index (Phi) is 5.37. The summed E-state index contributed by atoms with van der Waals surface area (Å²) in [4.78, 5) is 10.4. The van der Waals surface area contributed by atoms with Crippen molar-refractivity contribution in [2.75, 3.05) is 5.32 Å². The Labute approximate surface area is 105 Å². The zero-order valence-corrected chi connectivity index (χ0v) is 10.4. The van der Waals surface area contributed by atoms with E-state index in [1.807, 2.05) is 44.2 Å². The van der Waals surface area contributed by atoms with Crippen molar-refractivity contribution in [3.05, 3.63) is 42.2 Å². The number of anilines is 1. The number of amides is 1. The van der Waals surface area contributed by atoms with E-state index in [1.165, 1.54) is 0 Å². The Morgan fingerprint density at radius 2 is 2.28 bits per heavy atom. The van der Waals surface area contributed by atoms with Crippen molar-refractivity contribution in [2.24, 2.45) is 0 Å². The minimum Gasteiger partial charge on any atom is -0.465 e. The van der Waals surface area contributed by atoms with Gasteiger partial charge < -0.3 is 5.11 Å². The Bertz CT molecular complexity index is 486. The highest BCUT2D eigenvalue weighted by atomic mass is 16.4. The van der Waals surface area contributed by atoms with Crippen LogP contribution in [0.4, 0.5) is 10.6 Å². The van der Waals surface area contributed by atoms with E-state index in [2.05, 4.69) is 15.6 Å². The van der Waals surface area contributed by atoms with Crippen LogP contribution in [0, 0.1) is 0 Å². The Hall–Kier alpha value is -2.37. The highest BCUT2D eigenvalue weighted by molar-refractivity contribution is 5.80. The summed E-state index contributed by atoms with van der Waals surface area (Å²) in [5.74, 6) is 0.216. The van der Waals surface area contributed by atoms with E-state index in [0.29, 0.717) is 6.54 Å². The summed E-state index contributed by atoms with van der Waals surface area (Å²) >= 11 is 0. The quantitative estimate of drug-likeness (QED) is 0.784. The molecule has 1 rings (SSSR count). The summed E-state index contributed by atoms with van der Waals surface area (Å²) in [6.45, 7) is 4.40. The average molecular weight is 248 g/mol. The molecule has 1 amide bonds. The second kappa shape index (κ2) is 7.05. The molecule has 2 N–H and O–H groups in total. The van der Waals surface area contributed by atoms with Gasteiger partial charge in [0.15, 0.2) is 5.82 Å². The van der Waals surface area contributed by atoms with Crippen LogP contribution in [0.3, 0.4) is 0 Å². The molecule has 0 spiro atoms. The maximum atomic E-state index is 10.4. The molecule has 0 bridgehead atoms. The van der Waals surface area contributed by atoms with Gasteiger partial charge in [-0.25, -0.2) is 9.48 Å². The second-order valence-corrected chi connectivity index (χ2v) is 3.50. The predicted octanol–water partition coefficient (Wildman–Crippen LogP) is 2.45. The Morgan fingerprint density at radius 3 is 2.89 bits per heavy atom. The molecule has 1 heterocycles. The third-order valence-electron chi connectivity index (χ3n) is 2.00. The Morgan fingerprint density at radius 1 is 1.50 bits per heavy atom. The molecule has 0 aliphatic carbocycles. The van der Waals surface area contributed by atoms with Crippen LogP contribution in [0.2, 0.25) is 0 Å². The normalized spacial score (nSPS) is 12.4. The van der Waals surface area contributed by atoms with Crippen LogP contribution in [0.15, 0.2) is 42.2 Å². The summed E-state index contributed by atoms with van der Waals surface area (Å²) in [5.41, 5.74) is 1.04. The molecule has 18 heavy (non-hydrogen) atoms. The van der Waals surface area contributed by atoms with Crippen LogP contribution in [0.25, 0.3) is 0 Å². The fraction of sp³-hybridized carbons (Fsp3) is 0.250. The maximum Gasteiger partial charge on any atom is 0.410 e. The summed E-state index contributed by atoms with van der Waals surface area (Å²) < 4.78 is 1.57. The van der Waals surface area contributed by atoms with E-state index in [1.54, 1.807) is 10.9 Å². The molecule has 0 aromatic carbocycles. The van der Waals surface area contributed by atoms with E-state index >= 15 is 0 Å². The first-order valence-corrected chi connectivity index (χ1v) is 5.50. The van der Waals surface area contributed by atoms with Gasteiger partial charge >= 0.3 is 6.09 Å². The molecule has 0 saturated carbocycles. The first kappa shape index (κ1) is 13.7. The first-order chi connectivity index (χ1) is 8.65. The molecule has 0 fully saturated rings. The number of nitrogens with one attached hydrogen (secondary N) is 1. The molecule has 0 atom stereocenters.